The zero-order valence-corrected chi connectivity index (χ0v) is 16.3. The molecule has 1 unspecified atom stereocenters. The van der Waals surface area contributed by atoms with E-state index in [0.29, 0.717) is 5.75 Å². The summed E-state index contributed by atoms with van der Waals surface area (Å²) in [7, 11) is 1.39. The number of allylic oxidation sites excluding steroid dienone is 1. The number of rotatable bonds is 5. The van der Waals surface area contributed by atoms with Crippen LogP contribution in [0.1, 0.15) is 19.4 Å². The van der Waals surface area contributed by atoms with Gasteiger partial charge < -0.3 is 9.47 Å². The first-order chi connectivity index (χ1) is 12.3. The quantitative estimate of drug-likeness (QED) is 0.375. The van der Waals surface area contributed by atoms with Crippen LogP contribution in [-0.4, -0.2) is 17.9 Å². The Labute approximate surface area is 163 Å². The molecule has 1 saturated carbocycles. The molecular weight excluding hydrogens is 371 g/mol. The molecule has 3 nitrogen and oxygen atoms in total. The van der Waals surface area contributed by atoms with Gasteiger partial charge in [0, 0.05) is 5.41 Å². The zero-order valence-electron chi connectivity index (χ0n) is 14.8. The third kappa shape index (κ3) is 3.00. The lowest BCUT2D eigenvalue weighted by Crippen LogP contribution is -2.27. The van der Waals surface area contributed by atoms with Gasteiger partial charge in [-0.15, -0.1) is 23.2 Å². The molecule has 0 saturated heterocycles. The lowest BCUT2D eigenvalue weighted by molar-refractivity contribution is -0.144. The number of hydrogen-bond acceptors (Lipinski definition) is 3. The minimum atomic E-state index is -0.917. The van der Waals surface area contributed by atoms with Crippen LogP contribution in [0.4, 0.5) is 0 Å². The van der Waals surface area contributed by atoms with Crippen LogP contribution in [0.15, 0.2) is 66.2 Å². The smallest absolute Gasteiger partial charge is 0.321 e. The predicted molar refractivity (Wildman–Crippen MR) is 104 cm³/mol. The second-order valence-corrected chi connectivity index (χ2v) is 7.89. The maximum Gasteiger partial charge on any atom is 0.321 e. The number of para-hydroxylation sites is 1. The van der Waals surface area contributed by atoms with Gasteiger partial charge >= 0.3 is 5.97 Å². The normalized spacial score (nSPS) is 22.3. The summed E-state index contributed by atoms with van der Waals surface area (Å²) >= 11 is 11.9. The Bertz CT molecular complexity index is 843. The molecule has 0 aromatic heterocycles. The number of esters is 1. The van der Waals surface area contributed by atoms with Gasteiger partial charge in [-0.25, -0.2) is 0 Å². The number of hydrogen-bond donors (Lipinski definition) is 0. The van der Waals surface area contributed by atoms with Crippen LogP contribution in [0, 0.1) is 5.41 Å². The maximum absolute atomic E-state index is 12.8. The van der Waals surface area contributed by atoms with Crippen LogP contribution in [0.5, 0.6) is 11.5 Å². The summed E-state index contributed by atoms with van der Waals surface area (Å²) in [5, 5.41) is 0. The molecule has 2 aromatic rings. The summed E-state index contributed by atoms with van der Waals surface area (Å²) < 4.78 is 11.0. The van der Waals surface area contributed by atoms with Crippen LogP contribution >= 0.6 is 23.2 Å². The van der Waals surface area contributed by atoms with E-state index >= 15 is 0 Å². The molecule has 0 radical (unpaired) electrons. The molecule has 1 aliphatic carbocycles. The predicted octanol–water partition coefficient (Wildman–Crippen LogP) is 5.66. The minimum Gasteiger partial charge on any atom is -0.468 e. The summed E-state index contributed by atoms with van der Waals surface area (Å²) in [5.74, 6) is 1.04. The molecule has 3 rings (SSSR count). The van der Waals surface area contributed by atoms with Crippen LogP contribution in [-0.2, 0) is 14.9 Å². The van der Waals surface area contributed by atoms with E-state index in [9.17, 15) is 4.79 Å². The molecule has 1 atom stereocenters. The fraction of sp³-hybridized carbons (Fsp3) is 0.286. The van der Waals surface area contributed by atoms with Crippen molar-refractivity contribution in [2.24, 2.45) is 5.41 Å². The number of alkyl halides is 2. The van der Waals surface area contributed by atoms with Crippen molar-refractivity contribution >= 4 is 29.2 Å². The summed E-state index contributed by atoms with van der Waals surface area (Å²) in [5.41, 5.74) is 0.277. The van der Waals surface area contributed by atoms with Crippen molar-refractivity contribution in [3.8, 4) is 11.5 Å². The standard InChI is InChI=1S/C21H20Cl2O3/c1-20(2)17(13-18(22)23)21(20,19(24)25-3)14-8-7-11-16(12-14)26-15-9-5-4-6-10-15/h4-13,18H,1-3H3. The van der Waals surface area contributed by atoms with E-state index in [2.05, 4.69) is 0 Å². The third-order valence-electron chi connectivity index (χ3n) is 4.98. The first-order valence-corrected chi connectivity index (χ1v) is 9.14. The Balaban J connectivity index is 2.05. The first kappa shape index (κ1) is 18.8. The van der Waals surface area contributed by atoms with Crippen LogP contribution in [0.2, 0.25) is 0 Å². The van der Waals surface area contributed by atoms with Gasteiger partial charge in [0.2, 0.25) is 0 Å². The molecule has 26 heavy (non-hydrogen) atoms. The molecule has 1 aliphatic rings. The molecular formula is C21H20Cl2O3. The highest BCUT2D eigenvalue weighted by Crippen LogP contribution is 2.70. The Hall–Kier alpha value is -1.97. The SMILES string of the molecule is COC(=O)C1(c2cccc(Oc3ccccc3)c2)C(=CC(Cl)Cl)C1(C)C. The third-order valence-corrected chi connectivity index (χ3v) is 5.23. The van der Waals surface area contributed by atoms with Gasteiger partial charge in [-0.05, 0) is 35.4 Å². The van der Waals surface area contributed by atoms with Crippen LogP contribution in [0.25, 0.3) is 0 Å². The molecule has 136 valence electrons. The van der Waals surface area contributed by atoms with Crippen molar-refractivity contribution in [2.75, 3.05) is 7.11 Å². The van der Waals surface area contributed by atoms with E-state index in [1.807, 2.05) is 68.4 Å². The number of halogens is 2. The Morgan fingerprint density at radius 3 is 2.31 bits per heavy atom. The Kier molecular flexibility index (Phi) is 5.05. The first-order valence-electron chi connectivity index (χ1n) is 8.27. The average Bonchev–Trinajstić information content (AvgIpc) is 3.10. The topological polar surface area (TPSA) is 35.5 Å². The minimum absolute atomic E-state index is 0.334. The van der Waals surface area contributed by atoms with E-state index in [1.165, 1.54) is 7.11 Å². The zero-order chi connectivity index (χ0) is 18.9. The van der Waals surface area contributed by atoms with E-state index < -0.39 is 15.7 Å². The van der Waals surface area contributed by atoms with Crippen LogP contribution < -0.4 is 4.74 Å². The Morgan fingerprint density at radius 1 is 1.04 bits per heavy atom. The molecule has 5 heteroatoms. The van der Waals surface area contributed by atoms with Crippen molar-refractivity contribution in [3.05, 3.63) is 71.8 Å². The summed E-state index contributed by atoms with van der Waals surface area (Å²) in [6.07, 6.45) is 1.71. The van der Waals surface area contributed by atoms with Crippen molar-refractivity contribution in [1.29, 1.82) is 0 Å². The number of carbonyl (C=O) groups excluding carboxylic acids is 1. The summed E-state index contributed by atoms with van der Waals surface area (Å²) in [6, 6.07) is 17.0. The molecule has 1 fully saturated rings. The lowest BCUT2D eigenvalue weighted by atomic mass is 9.87. The Morgan fingerprint density at radius 2 is 1.69 bits per heavy atom. The van der Waals surface area contributed by atoms with Gasteiger partial charge in [0.05, 0.1) is 7.11 Å². The molecule has 0 N–H and O–H groups in total. The largest absolute Gasteiger partial charge is 0.468 e. The fourth-order valence-corrected chi connectivity index (χ4v) is 3.97. The van der Waals surface area contributed by atoms with Crippen molar-refractivity contribution in [1.82, 2.24) is 0 Å². The van der Waals surface area contributed by atoms with E-state index in [4.69, 9.17) is 32.7 Å². The van der Waals surface area contributed by atoms with E-state index in [-0.39, 0.29) is 5.97 Å². The van der Waals surface area contributed by atoms with Gasteiger partial charge in [-0.1, -0.05) is 50.3 Å². The number of benzene rings is 2. The molecule has 0 amide bonds. The maximum atomic E-state index is 12.8. The molecule has 0 bridgehead atoms. The van der Waals surface area contributed by atoms with Crippen molar-refractivity contribution in [3.63, 3.8) is 0 Å². The van der Waals surface area contributed by atoms with Gasteiger partial charge in [0.1, 0.15) is 21.8 Å². The van der Waals surface area contributed by atoms with Gasteiger partial charge in [-0.2, -0.15) is 0 Å². The van der Waals surface area contributed by atoms with Gasteiger partial charge in [0.25, 0.3) is 0 Å². The summed E-state index contributed by atoms with van der Waals surface area (Å²) in [6.45, 7) is 3.97. The second kappa shape index (κ2) is 6.98. The fourth-order valence-electron chi connectivity index (χ4n) is 3.72. The van der Waals surface area contributed by atoms with Gasteiger partial charge in [-0.3, -0.25) is 4.79 Å². The molecule has 0 spiro atoms. The monoisotopic (exact) mass is 390 g/mol. The molecule has 0 aliphatic heterocycles. The van der Waals surface area contributed by atoms with Crippen molar-refractivity contribution in [2.45, 2.75) is 24.1 Å². The van der Waals surface area contributed by atoms with Gasteiger partial charge in [0.15, 0.2) is 0 Å². The number of ether oxygens (including phenoxy) is 2. The summed E-state index contributed by atoms with van der Waals surface area (Å²) in [4.78, 5) is 12.1. The average molecular weight is 391 g/mol. The van der Waals surface area contributed by atoms with E-state index in [1.54, 1.807) is 6.08 Å². The highest BCUT2D eigenvalue weighted by Gasteiger charge is 2.73. The number of methoxy groups -OCH3 is 1. The highest BCUT2D eigenvalue weighted by atomic mass is 35.5. The second-order valence-electron chi connectivity index (χ2n) is 6.72. The van der Waals surface area contributed by atoms with Crippen LogP contribution in [0.3, 0.4) is 0 Å². The van der Waals surface area contributed by atoms with E-state index in [0.717, 1.165) is 16.9 Å². The molecule has 2 aromatic carbocycles. The number of carbonyl (C=O) groups is 1. The lowest BCUT2D eigenvalue weighted by Gasteiger charge is -2.18. The highest BCUT2D eigenvalue weighted by molar-refractivity contribution is 6.45. The van der Waals surface area contributed by atoms with Crippen molar-refractivity contribution < 1.29 is 14.3 Å². The molecule has 0 heterocycles.